The van der Waals surface area contributed by atoms with Gasteiger partial charge in [0.15, 0.2) is 11.9 Å². The summed E-state index contributed by atoms with van der Waals surface area (Å²) >= 11 is 0. The molecule has 0 heterocycles. The zero-order valence-corrected chi connectivity index (χ0v) is 15.4. The zero-order valence-electron chi connectivity index (χ0n) is 15.4. The Bertz CT molecular complexity index is 945. The molecule has 0 aromatic heterocycles. The fourth-order valence-electron chi connectivity index (χ4n) is 3.53. The van der Waals surface area contributed by atoms with Gasteiger partial charge in [0.1, 0.15) is 5.75 Å². The first-order chi connectivity index (χ1) is 13.8. The van der Waals surface area contributed by atoms with Gasteiger partial charge < -0.3 is 4.74 Å². The summed E-state index contributed by atoms with van der Waals surface area (Å²) in [7, 11) is 0. The molecule has 4 aromatic carbocycles. The van der Waals surface area contributed by atoms with Crippen LogP contribution in [0.5, 0.6) is 5.75 Å². The second-order valence-electron chi connectivity index (χ2n) is 6.54. The van der Waals surface area contributed by atoms with E-state index in [0.29, 0.717) is 11.3 Å². The lowest BCUT2D eigenvalue weighted by atomic mass is 9.80. The summed E-state index contributed by atoms with van der Waals surface area (Å²) in [6.45, 7) is 0. The van der Waals surface area contributed by atoms with Crippen molar-refractivity contribution in [3.63, 3.8) is 0 Å². The summed E-state index contributed by atoms with van der Waals surface area (Å²) in [5, 5.41) is 0. The van der Waals surface area contributed by atoms with Gasteiger partial charge in [-0.2, -0.15) is 0 Å². The maximum Gasteiger partial charge on any atom is 0.184 e. The van der Waals surface area contributed by atoms with Crippen molar-refractivity contribution in [1.82, 2.24) is 0 Å². The highest BCUT2D eigenvalue weighted by molar-refractivity contribution is 5.79. The summed E-state index contributed by atoms with van der Waals surface area (Å²) in [6, 6.07) is 37.7. The van der Waals surface area contributed by atoms with Gasteiger partial charge in [0, 0.05) is 16.7 Å². The number of carbonyl (C=O) groups excluding carboxylic acids is 1. The third kappa shape index (κ3) is 3.21. The van der Waals surface area contributed by atoms with Crippen LogP contribution in [0.2, 0.25) is 0 Å². The number of ether oxygens (including phenoxy) is 1. The Labute approximate surface area is 165 Å². The molecule has 0 aliphatic heterocycles. The van der Waals surface area contributed by atoms with Crippen LogP contribution in [-0.4, -0.2) is 6.29 Å². The van der Waals surface area contributed by atoms with E-state index in [2.05, 4.69) is 36.4 Å². The number of hydrogen-bond acceptors (Lipinski definition) is 2. The minimum atomic E-state index is -0.886. The monoisotopic (exact) mass is 364 g/mol. The first-order valence-corrected chi connectivity index (χ1v) is 9.24. The topological polar surface area (TPSA) is 26.3 Å². The van der Waals surface area contributed by atoms with E-state index in [0.717, 1.165) is 23.0 Å². The highest BCUT2D eigenvalue weighted by Crippen LogP contribution is 2.41. The van der Waals surface area contributed by atoms with Gasteiger partial charge in [-0.25, -0.2) is 0 Å². The van der Waals surface area contributed by atoms with Gasteiger partial charge in [-0.05, 0) is 12.1 Å². The average molecular weight is 364 g/mol. The number of para-hydroxylation sites is 1. The maximum absolute atomic E-state index is 11.6. The van der Waals surface area contributed by atoms with Crippen molar-refractivity contribution >= 4 is 6.29 Å². The smallest absolute Gasteiger partial charge is 0.184 e. The van der Waals surface area contributed by atoms with Gasteiger partial charge in [-0.15, -0.1) is 0 Å². The molecule has 0 saturated carbocycles. The van der Waals surface area contributed by atoms with Crippen LogP contribution in [0.15, 0.2) is 115 Å². The van der Waals surface area contributed by atoms with Gasteiger partial charge in [0.2, 0.25) is 0 Å². The van der Waals surface area contributed by atoms with Crippen molar-refractivity contribution < 1.29 is 9.53 Å². The highest BCUT2D eigenvalue weighted by atomic mass is 16.5. The lowest BCUT2D eigenvalue weighted by molar-refractivity contribution is 0.110. The van der Waals surface area contributed by atoms with Crippen molar-refractivity contribution in [2.75, 3.05) is 0 Å². The predicted molar refractivity (Wildman–Crippen MR) is 112 cm³/mol. The molecule has 4 aromatic rings. The molecule has 0 saturated heterocycles. The van der Waals surface area contributed by atoms with Gasteiger partial charge in [0.25, 0.3) is 0 Å². The molecule has 28 heavy (non-hydrogen) atoms. The van der Waals surface area contributed by atoms with Crippen LogP contribution in [0, 0.1) is 0 Å². The van der Waals surface area contributed by atoms with E-state index in [1.54, 1.807) is 6.07 Å². The van der Waals surface area contributed by atoms with Crippen LogP contribution < -0.4 is 4.74 Å². The lowest BCUT2D eigenvalue weighted by Crippen LogP contribution is -2.36. The third-order valence-corrected chi connectivity index (χ3v) is 4.85. The summed E-state index contributed by atoms with van der Waals surface area (Å²) in [6.07, 6.45) is 0.834. The van der Waals surface area contributed by atoms with Gasteiger partial charge in [-0.3, -0.25) is 4.79 Å². The molecule has 0 aliphatic carbocycles. The van der Waals surface area contributed by atoms with Gasteiger partial charge in [-0.1, -0.05) is 103 Å². The first kappa shape index (κ1) is 17.7. The highest BCUT2D eigenvalue weighted by Gasteiger charge is 2.39. The van der Waals surface area contributed by atoms with Crippen LogP contribution in [-0.2, 0) is 5.60 Å². The van der Waals surface area contributed by atoms with Crippen LogP contribution >= 0.6 is 0 Å². The number of carbonyl (C=O) groups is 1. The third-order valence-electron chi connectivity index (χ3n) is 4.85. The van der Waals surface area contributed by atoms with Crippen molar-refractivity contribution in [3.8, 4) is 5.75 Å². The number of hydrogen-bond donors (Lipinski definition) is 0. The summed E-state index contributed by atoms with van der Waals surface area (Å²) in [5.74, 6) is 0.550. The maximum atomic E-state index is 11.6. The predicted octanol–water partition coefficient (Wildman–Crippen LogP) is 5.87. The van der Waals surface area contributed by atoms with E-state index in [1.165, 1.54) is 0 Å². The second kappa shape index (κ2) is 7.93. The molecule has 2 nitrogen and oxygen atoms in total. The van der Waals surface area contributed by atoms with Crippen molar-refractivity contribution in [3.05, 3.63) is 138 Å². The van der Waals surface area contributed by atoms with Gasteiger partial charge >= 0.3 is 0 Å². The normalized spacial score (nSPS) is 11.0. The lowest BCUT2D eigenvalue weighted by Gasteiger charge is -2.36. The molecule has 2 heteroatoms. The Kier molecular flexibility index (Phi) is 5.03. The molecule has 0 bridgehead atoms. The van der Waals surface area contributed by atoms with E-state index in [4.69, 9.17) is 4.74 Å². The molecular formula is C26H20O2. The van der Waals surface area contributed by atoms with Crippen LogP contribution in [0.4, 0.5) is 0 Å². The Balaban J connectivity index is 2.02. The van der Waals surface area contributed by atoms with Crippen LogP contribution in [0.1, 0.15) is 27.0 Å². The molecule has 0 N–H and O–H groups in total. The molecular weight excluding hydrogens is 344 g/mol. The van der Waals surface area contributed by atoms with E-state index in [-0.39, 0.29) is 0 Å². The quantitative estimate of drug-likeness (QED) is 0.316. The molecule has 4 rings (SSSR count). The van der Waals surface area contributed by atoms with Crippen molar-refractivity contribution in [1.29, 1.82) is 0 Å². The molecule has 0 aliphatic rings. The molecule has 0 spiro atoms. The van der Waals surface area contributed by atoms with Crippen LogP contribution in [0.25, 0.3) is 0 Å². The average Bonchev–Trinajstić information content (AvgIpc) is 2.79. The largest absolute Gasteiger partial charge is 0.472 e. The Morgan fingerprint density at radius 3 is 1.36 bits per heavy atom. The minimum absolute atomic E-state index is 0.523. The summed E-state index contributed by atoms with van der Waals surface area (Å²) in [4.78, 5) is 11.6. The van der Waals surface area contributed by atoms with Crippen molar-refractivity contribution in [2.45, 2.75) is 5.60 Å². The molecule has 0 fully saturated rings. The fraction of sp³-hybridized carbons (Fsp3) is 0.0385. The van der Waals surface area contributed by atoms with E-state index in [9.17, 15) is 4.79 Å². The first-order valence-electron chi connectivity index (χ1n) is 9.24. The Hall–Kier alpha value is -3.65. The van der Waals surface area contributed by atoms with Gasteiger partial charge in [0.05, 0.1) is 5.56 Å². The van der Waals surface area contributed by atoms with Crippen molar-refractivity contribution in [2.24, 2.45) is 0 Å². The van der Waals surface area contributed by atoms with E-state index < -0.39 is 5.60 Å². The van der Waals surface area contributed by atoms with Crippen LogP contribution in [0.3, 0.4) is 0 Å². The Morgan fingerprint density at radius 1 is 0.536 bits per heavy atom. The number of rotatable bonds is 6. The second-order valence-corrected chi connectivity index (χ2v) is 6.54. The molecule has 136 valence electrons. The number of aldehydes is 1. The molecule has 0 atom stereocenters. The molecule has 0 radical (unpaired) electrons. The number of benzene rings is 4. The molecule has 0 unspecified atom stereocenters. The van der Waals surface area contributed by atoms with E-state index in [1.807, 2.05) is 72.8 Å². The zero-order chi connectivity index (χ0) is 19.2. The SMILES string of the molecule is O=Cc1ccccc1OC(c1ccccc1)(c1ccccc1)c1ccccc1. The fourth-order valence-corrected chi connectivity index (χ4v) is 3.53. The van der Waals surface area contributed by atoms with E-state index >= 15 is 0 Å². The molecule has 0 amide bonds. The minimum Gasteiger partial charge on any atom is -0.472 e. The standard InChI is InChI=1S/C26H20O2/c27-20-21-12-10-11-19-25(21)28-26(22-13-4-1-5-14-22,23-15-6-2-7-16-23)24-17-8-3-9-18-24/h1-20H. The Morgan fingerprint density at radius 2 is 0.929 bits per heavy atom. The summed E-state index contributed by atoms with van der Waals surface area (Å²) in [5.41, 5.74) is 2.62. The summed E-state index contributed by atoms with van der Waals surface area (Å²) < 4.78 is 6.75.